The number of carbonyl (C=O) groups is 1. The van der Waals surface area contributed by atoms with Crippen LogP contribution in [-0.2, 0) is 18.3 Å². The summed E-state index contributed by atoms with van der Waals surface area (Å²) in [5, 5.41) is 10.7. The molecule has 0 bridgehead atoms. The molecule has 0 aliphatic heterocycles. The molecule has 122 valence electrons. The van der Waals surface area contributed by atoms with Crippen LogP contribution >= 0.6 is 0 Å². The number of hydrogen-bond acceptors (Lipinski definition) is 2. The Hall–Kier alpha value is -2.88. The Morgan fingerprint density at radius 3 is 2.33 bits per heavy atom. The molecule has 1 heterocycles. The molecular weight excluding hydrogens is 302 g/mol. The van der Waals surface area contributed by atoms with Gasteiger partial charge in [0.1, 0.15) is 0 Å². The summed E-state index contributed by atoms with van der Waals surface area (Å²) in [7, 11) is 1.64. The summed E-state index contributed by atoms with van der Waals surface area (Å²) in [6.45, 7) is 4.07. The van der Waals surface area contributed by atoms with E-state index in [-0.39, 0.29) is 12.0 Å². The van der Waals surface area contributed by atoms with Gasteiger partial charge in [-0.05, 0) is 42.0 Å². The van der Waals surface area contributed by atoms with Gasteiger partial charge in [-0.25, -0.2) is 0 Å². The molecule has 0 fully saturated rings. The van der Waals surface area contributed by atoms with Gasteiger partial charge in [-0.2, -0.15) is 0 Å². The fourth-order valence-electron chi connectivity index (χ4n) is 3.08. The number of aryl methyl sites for hydroxylation is 2. The molecular formula is C20H19NO3. The number of aliphatic carboxylic acids is 1. The number of carboxylic acid groups (broad SMARTS) is 1. The summed E-state index contributed by atoms with van der Waals surface area (Å²) in [5.41, 5.74) is 4.41. The Kier molecular flexibility index (Phi) is 3.97. The van der Waals surface area contributed by atoms with Gasteiger partial charge in [0.2, 0.25) is 0 Å². The maximum absolute atomic E-state index is 12.6. The number of carboxylic acids is 1. The molecule has 0 saturated carbocycles. The van der Waals surface area contributed by atoms with E-state index in [2.05, 4.69) is 0 Å². The number of nitrogens with zero attached hydrogens (tertiary/aromatic N) is 1. The minimum absolute atomic E-state index is 0.172. The monoisotopic (exact) mass is 321 g/mol. The van der Waals surface area contributed by atoms with Crippen molar-refractivity contribution in [1.82, 2.24) is 4.57 Å². The quantitative estimate of drug-likeness (QED) is 0.804. The molecule has 0 saturated heterocycles. The van der Waals surface area contributed by atoms with Gasteiger partial charge in [0, 0.05) is 23.7 Å². The maximum Gasteiger partial charge on any atom is 0.309 e. The van der Waals surface area contributed by atoms with E-state index in [0.29, 0.717) is 11.1 Å². The third-order valence-electron chi connectivity index (χ3n) is 4.54. The average Bonchev–Trinajstić information content (AvgIpc) is 2.55. The van der Waals surface area contributed by atoms with E-state index in [9.17, 15) is 14.7 Å². The zero-order chi connectivity index (χ0) is 17.4. The lowest BCUT2D eigenvalue weighted by atomic mass is 9.93. The van der Waals surface area contributed by atoms with Crippen LogP contribution in [0.3, 0.4) is 0 Å². The number of aromatic nitrogens is 1. The molecule has 4 heteroatoms. The van der Waals surface area contributed by atoms with Crippen LogP contribution < -0.4 is 5.56 Å². The van der Waals surface area contributed by atoms with E-state index in [1.54, 1.807) is 13.1 Å². The van der Waals surface area contributed by atoms with E-state index < -0.39 is 5.97 Å². The second-order valence-corrected chi connectivity index (χ2v) is 6.10. The number of benzene rings is 2. The van der Waals surface area contributed by atoms with Crippen LogP contribution in [0.5, 0.6) is 0 Å². The average molecular weight is 321 g/mol. The zero-order valence-corrected chi connectivity index (χ0v) is 14.0. The van der Waals surface area contributed by atoms with Crippen molar-refractivity contribution < 1.29 is 9.90 Å². The molecule has 3 aromatic rings. The first-order valence-corrected chi connectivity index (χ1v) is 7.80. The van der Waals surface area contributed by atoms with Gasteiger partial charge in [-0.1, -0.05) is 36.4 Å². The zero-order valence-electron chi connectivity index (χ0n) is 14.0. The highest BCUT2D eigenvalue weighted by molar-refractivity contribution is 5.98. The first-order chi connectivity index (χ1) is 11.4. The van der Waals surface area contributed by atoms with Gasteiger partial charge in [0.25, 0.3) is 5.56 Å². The number of hydrogen-bond donors (Lipinski definition) is 1. The Morgan fingerprint density at radius 2 is 1.71 bits per heavy atom. The minimum atomic E-state index is -0.953. The summed E-state index contributed by atoms with van der Waals surface area (Å²) in [5.74, 6) is -0.953. The Balaban J connectivity index is 2.47. The van der Waals surface area contributed by atoms with Gasteiger partial charge in [0.05, 0.1) is 6.42 Å². The molecule has 0 unspecified atom stereocenters. The molecule has 0 spiro atoms. The van der Waals surface area contributed by atoms with Crippen molar-refractivity contribution in [1.29, 1.82) is 0 Å². The van der Waals surface area contributed by atoms with Gasteiger partial charge >= 0.3 is 5.97 Å². The van der Waals surface area contributed by atoms with Crippen molar-refractivity contribution in [3.63, 3.8) is 0 Å². The molecule has 1 aromatic heterocycles. The highest BCUT2D eigenvalue weighted by Gasteiger charge is 2.18. The van der Waals surface area contributed by atoms with Crippen LogP contribution in [0.4, 0.5) is 0 Å². The third-order valence-corrected chi connectivity index (χ3v) is 4.54. The third kappa shape index (κ3) is 2.60. The smallest absolute Gasteiger partial charge is 0.309 e. The summed E-state index contributed by atoms with van der Waals surface area (Å²) < 4.78 is 1.46. The topological polar surface area (TPSA) is 59.3 Å². The lowest BCUT2D eigenvalue weighted by Gasteiger charge is -2.17. The molecule has 0 aliphatic carbocycles. The van der Waals surface area contributed by atoms with Crippen LogP contribution in [0, 0.1) is 13.8 Å². The number of fused-ring (bicyclic) bond motifs is 1. The summed E-state index contributed by atoms with van der Waals surface area (Å²) in [6, 6.07) is 13.4. The summed E-state index contributed by atoms with van der Waals surface area (Å²) >= 11 is 0. The van der Waals surface area contributed by atoms with E-state index in [4.69, 9.17) is 0 Å². The highest BCUT2D eigenvalue weighted by Crippen LogP contribution is 2.32. The van der Waals surface area contributed by atoms with Crippen molar-refractivity contribution in [2.75, 3.05) is 0 Å². The molecule has 4 nitrogen and oxygen atoms in total. The van der Waals surface area contributed by atoms with Gasteiger partial charge in [-0.3, -0.25) is 9.59 Å². The van der Waals surface area contributed by atoms with Gasteiger partial charge in [0.15, 0.2) is 0 Å². The van der Waals surface area contributed by atoms with Crippen molar-refractivity contribution in [2.45, 2.75) is 20.3 Å². The SMILES string of the molecule is Cc1ccc(-c2c(CC(=O)O)n(C)c(=O)c3ccccc23)cc1C. The second-order valence-electron chi connectivity index (χ2n) is 6.10. The standard InChI is InChI=1S/C20H19NO3/c1-12-8-9-14(10-13(12)2)19-15-6-4-5-7-16(15)20(24)21(3)17(19)11-18(22)23/h4-10H,11H2,1-3H3,(H,22,23). The predicted octanol–water partition coefficient (Wildman–Crippen LogP) is 3.45. The van der Waals surface area contributed by atoms with Crippen LogP contribution in [0.1, 0.15) is 16.8 Å². The van der Waals surface area contributed by atoms with Crippen LogP contribution in [0.25, 0.3) is 21.9 Å². The molecule has 0 amide bonds. The van der Waals surface area contributed by atoms with Crippen molar-refractivity contribution in [3.05, 3.63) is 69.6 Å². The first kappa shape index (κ1) is 16.0. The summed E-state index contributed by atoms with van der Waals surface area (Å²) in [6.07, 6.45) is -0.196. The highest BCUT2D eigenvalue weighted by atomic mass is 16.4. The van der Waals surface area contributed by atoms with Gasteiger partial charge < -0.3 is 9.67 Å². The molecule has 2 aromatic carbocycles. The minimum Gasteiger partial charge on any atom is -0.481 e. The van der Waals surface area contributed by atoms with Crippen LogP contribution in [-0.4, -0.2) is 15.6 Å². The fourth-order valence-corrected chi connectivity index (χ4v) is 3.08. The number of pyridine rings is 1. The molecule has 3 rings (SSSR count). The van der Waals surface area contributed by atoms with Crippen molar-refractivity contribution in [2.24, 2.45) is 7.05 Å². The largest absolute Gasteiger partial charge is 0.481 e. The van der Waals surface area contributed by atoms with E-state index >= 15 is 0 Å². The van der Waals surface area contributed by atoms with E-state index in [1.165, 1.54) is 10.1 Å². The second kappa shape index (κ2) is 5.96. The normalized spacial score (nSPS) is 11.0. The predicted molar refractivity (Wildman–Crippen MR) is 95.4 cm³/mol. The first-order valence-electron chi connectivity index (χ1n) is 7.80. The van der Waals surface area contributed by atoms with Crippen LogP contribution in [0.2, 0.25) is 0 Å². The fraction of sp³-hybridized carbons (Fsp3) is 0.200. The molecule has 1 N–H and O–H groups in total. The van der Waals surface area contributed by atoms with Crippen molar-refractivity contribution in [3.8, 4) is 11.1 Å². The molecule has 0 atom stereocenters. The van der Waals surface area contributed by atoms with Crippen LogP contribution in [0.15, 0.2) is 47.3 Å². The molecule has 0 aliphatic rings. The van der Waals surface area contributed by atoms with E-state index in [1.807, 2.05) is 50.2 Å². The Bertz CT molecular complexity index is 1020. The van der Waals surface area contributed by atoms with Crippen molar-refractivity contribution >= 4 is 16.7 Å². The lowest BCUT2D eigenvalue weighted by Crippen LogP contribution is -2.23. The van der Waals surface area contributed by atoms with E-state index in [0.717, 1.165) is 22.1 Å². The number of rotatable bonds is 3. The lowest BCUT2D eigenvalue weighted by molar-refractivity contribution is -0.136. The summed E-state index contributed by atoms with van der Waals surface area (Å²) in [4.78, 5) is 24.0. The maximum atomic E-state index is 12.6. The van der Waals surface area contributed by atoms with Gasteiger partial charge in [-0.15, -0.1) is 0 Å². The molecule has 24 heavy (non-hydrogen) atoms. The Labute approximate surface area is 140 Å². The Morgan fingerprint density at radius 1 is 1.04 bits per heavy atom. The molecule has 0 radical (unpaired) electrons.